The summed E-state index contributed by atoms with van der Waals surface area (Å²) in [5.41, 5.74) is 0.251. The van der Waals surface area contributed by atoms with Crippen molar-refractivity contribution >= 4 is 16.6 Å². The van der Waals surface area contributed by atoms with Crippen LogP contribution >= 0.6 is 11.6 Å². The quantitative estimate of drug-likeness (QED) is 0.611. The van der Waals surface area contributed by atoms with Gasteiger partial charge in [-0.2, -0.15) is 5.26 Å². The number of halogens is 2. The van der Waals surface area contributed by atoms with Crippen LogP contribution in [0.2, 0.25) is 0 Å². The number of hydrogen-bond donors (Lipinski definition) is 0. The number of nitriles is 1. The van der Waals surface area contributed by atoms with Crippen molar-refractivity contribution in [3.8, 4) is 6.07 Å². The molecular formula is C9H5ClFN. The monoisotopic (exact) mass is 181 g/mol. The van der Waals surface area contributed by atoms with Gasteiger partial charge in [0.15, 0.2) is 0 Å². The maximum atomic E-state index is 12.9. The smallest absolute Gasteiger partial charge is 0.131 e. The van der Waals surface area contributed by atoms with E-state index in [1.54, 1.807) is 18.2 Å². The van der Waals surface area contributed by atoms with Gasteiger partial charge in [0.05, 0.1) is 11.1 Å². The third-order valence-corrected chi connectivity index (χ3v) is 1.64. The molecular weight excluding hydrogens is 177 g/mol. The van der Waals surface area contributed by atoms with E-state index >= 15 is 0 Å². The molecule has 0 amide bonds. The Morgan fingerprint density at radius 3 is 2.75 bits per heavy atom. The van der Waals surface area contributed by atoms with Crippen LogP contribution in [-0.4, -0.2) is 0 Å². The fourth-order valence-electron chi connectivity index (χ4n) is 0.789. The number of hydrogen-bond acceptors (Lipinski definition) is 1. The molecule has 0 spiro atoms. The van der Waals surface area contributed by atoms with Crippen LogP contribution in [0.4, 0.5) is 4.39 Å². The minimum atomic E-state index is -0.422. The predicted octanol–water partition coefficient (Wildman–Crippen LogP) is 2.93. The van der Waals surface area contributed by atoms with Crippen LogP contribution in [0.3, 0.4) is 0 Å². The second kappa shape index (κ2) is 3.89. The van der Waals surface area contributed by atoms with Crippen molar-refractivity contribution in [2.24, 2.45) is 0 Å². The summed E-state index contributed by atoms with van der Waals surface area (Å²) in [7, 11) is 0. The summed E-state index contributed by atoms with van der Waals surface area (Å²) in [6, 6.07) is 7.77. The van der Waals surface area contributed by atoms with E-state index in [4.69, 9.17) is 16.9 Å². The highest BCUT2D eigenvalue weighted by Gasteiger charge is 2.02. The van der Waals surface area contributed by atoms with Gasteiger partial charge in [0.2, 0.25) is 0 Å². The molecule has 0 aliphatic heterocycles. The van der Waals surface area contributed by atoms with Crippen LogP contribution in [0, 0.1) is 17.1 Å². The fraction of sp³-hybridized carbons (Fsp3) is 0. The van der Waals surface area contributed by atoms with E-state index in [0.717, 1.165) is 6.08 Å². The highest BCUT2D eigenvalue weighted by Crippen LogP contribution is 2.20. The summed E-state index contributed by atoms with van der Waals surface area (Å²) in [5.74, 6) is -0.422. The van der Waals surface area contributed by atoms with E-state index in [0.29, 0.717) is 0 Å². The van der Waals surface area contributed by atoms with E-state index in [1.807, 2.05) is 0 Å². The topological polar surface area (TPSA) is 23.8 Å². The highest BCUT2D eigenvalue weighted by atomic mass is 35.5. The van der Waals surface area contributed by atoms with Crippen molar-refractivity contribution < 1.29 is 4.39 Å². The van der Waals surface area contributed by atoms with Crippen LogP contribution in [0.25, 0.3) is 5.03 Å². The normalized spacial score (nSPS) is 10.9. The summed E-state index contributed by atoms with van der Waals surface area (Å²) in [4.78, 5) is 0. The molecule has 60 valence electrons. The zero-order valence-corrected chi connectivity index (χ0v) is 6.85. The molecule has 1 aromatic rings. The Kier molecular flexibility index (Phi) is 2.84. The average Bonchev–Trinajstić information content (AvgIpc) is 2.05. The standard InChI is InChI=1S/C9H5ClFN/c10-8(5-6-12)7-3-1-2-4-9(7)11/h1-5H/b8-5-. The van der Waals surface area contributed by atoms with Crippen LogP contribution in [-0.2, 0) is 0 Å². The van der Waals surface area contributed by atoms with Crippen molar-refractivity contribution in [2.75, 3.05) is 0 Å². The third-order valence-electron chi connectivity index (χ3n) is 1.32. The largest absolute Gasteiger partial charge is 0.206 e. The summed E-state index contributed by atoms with van der Waals surface area (Å²) in [5, 5.41) is 8.38. The highest BCUT2D eigenvalue weighted by molar-refractivity contribution is 6.49. The number of allylic oxidation sites excluding steroid dienone is 1. The molecule has 0 aliphatic rings. The Morgan fingerprint density at radius 1 is 1.50 bits per heavy atom. The second-order valence-corrected chi connectivity index (χ2v) is 2.51. The van der Waals surface area contributed by atoms with Crippen LogP contribution in [0.5, 0.6) is 0 Å². The van der Waals surface area contributed by atoms with E-state index in [2.05, 4.69) is 0 Å². The summed E-state index contributed by atoms with van der Waals surface area (Å²) in [6.45, 7) is 0. The molecule has 0 atom stereocenters. The molecule has 0 heterocycles. The Bertz CT molecular complexity index is 352. The molecule has 0 fully saturated rings. The van der Waals surface area contributed by atoms with Gasteiger partial charge in [0, 0.05) is 11.6 Å². The van der Waals surface area contributed by atoms with Crippen molar-refractivity contribution in [2.45, 2.75) is 0 Å². The zero-order valence-electron chi connectivity index (χ0n) is 6.09. The second-order valence-electron chi connectivity index (χ2n) is 2.10. The first-order chi connectivity index (χ1) is 5.75. The lowest BCUT2D eigenvalue weighted by Crippen LogP contribution is -1.82. The molecule has 3 heteroatoms. The Morgan fingerprint density at radius 2 is 2.17 bits per heavy atom. The maximum Gasteiger partial charge on any atom is 0.131 e. The molecule has 0 N–H and O–H groups in total. The molecule has 1 rings (SSSR count). The summed E-state index contributed by atoms with van der Waals surface area (Å²) in [6.07, 6.45) is 1.10. The van der Waals surface area contributed by atoms with Gasteiger partial charge in [-0.25, -0.2) is 4.39 Å². The SMILES string of the molecule is N#C/C=C(\Cl)c1ccccc1F. The van der Waals surface area contributed by atoms with Crippen molar-refractivity contribution in [3.05, 3.63) is 41.7 Å². The zero-order chi connectivity index (χ0) is 8.97. The minimum absolute atomic E-state index is 0.121. The van der Waals surface area contributed by atoms with E-state index in [9.17, 15) is 4.39 Å². The molecule has 1 aromatic carbocycles. The molecule has 0 aromatic heterocycles. The van der Waals surface area contributed by atoms with Gasteiger partial charge < -0.3 is 0 Å². The Balaban J connectivity index is 3.13. The minimum Gasteiger partial charge on any atom is -0.206 e. The first-order valence-electron chi connectivity index (χ1n) is 3.26. The molecule has 0 bridgehead atoms. The van der Waals surface area contributed by atoms with Gasteiger partial charge in [0.1, 0.15) is 5.82 Å². The molecule has 0 saturated heterocycles. The number of benzene rings is 1. The lowest BCUT2D eigenvalue weighted by molar-refractivity contribution is 0.625. The van der Waals surface area contributed by atoms with Crippen molar-refractivity contribution in [3.63, 3.8) is 0 Å². The molecule has 0 radical (unpaired) electrons. The Labute approximate surface area is 74.7 Å². The predicted molar refractivity (Wildman–Crippen MR) is 45.8 cm³/mol. The van der Waals surface area contributed by atoms with E-state index < -0.39 is 5.82 Å². The molecule has 0 aliphatic carbocycles. The number of rotatable bonds is 1. The summed E-state index contributed by atoms with van der Waals surface area (Å²) >= 11 is 5.61. The lowest BCUT2D eigenvalue weighted by Gasteiger charge is -1.97. The van der Waals surface area contributed by atoms with Crippen molar-refractivity contribution in [1.29, 1.82) is 5.26 Å². The fourth-order valence-corrected chi connectivity index (χ4v) is 0.991. The van der Waals surface area contributed by atoms with E-state index in [-0.39, 0.29) is 10.6 Å². The van der Waals surface area contributed by atoms with Crippen LogP contribution in [0.15, 0.2) is 30.3 Å². The first-order valence-corrected chi connectivity index (χ1v) is 3.63. The molecule has 0 saturated carbocycles. The van der Waals surface area contributed by atoms with Crippen molar-refractivity contribution in [1.82, 2.24) is 0 Å². The average molecular weight is 182 g/mol. The summed E-state index contributed by atoms with van der Waals surface area (Å²) < 4.78 is 12.9. The molecule has 0 unspecified atom stereocenters. The third kappa shape index (κ3) is 1.84. The van der Waals surface area contributed by atoms with Gasteiger partial charge in [0.25, 0.3) is 0 Å². The van der Waals surface area contributed by atoms with Gasteiger partial charge in [-0.15, -0.1) is 0 Å². The van der Waals surface area contributed by atoms with Gasteiger partial charge in [-0.1, -0.05) is 29.8 Å². The maximum absolute atomic E-state index is 12.9. The van der Waals surface area contributed by atoms with Gasteiger partial charge in [-0.3, -0.25) is 0 Å². The van der Waals surface area contributed by atoms with Crippen LogP contribution in [0.1, 0.15) is 5.56 Å². The first kappa shape index (κ1) is 8.76. The molecule has 12 heavy (non-hydrogen) atoms. The van der Waals surface area contributed by atoms with E-state index in [1.165, 1.54) is 12.1 Å². The molecule has 1 nitrogen and oxygen atoms in total. The van der Waals surface area contributed by atoms with Gasteiger partial charge in [-0.05, 0) is 6.07 Å². The van der Waals surface area contributed by atoms with Crippen LogP contribution < -0.4 is 0 Å². The number of nitrogens with zero attached hydrogens (tertiary/aromatic N) is 1. The Hall–Kier alpha value is -1.33. The van der Waals surface area contributed by atoms with Gasteiger partial charge >= 0.3 is 0 Å². The lowest BCUT2D eigenvalue weighted by atomic mass is 10.2.